The molecule has 6 nitrogen and oxygen atoms in total. The highest BCUT2D eigenvalue weighted by Crippen LogP contribution is 2.51. The van der Waals surface area contributed by atoms with Crippen LogP contribution in [0.15, 0.2) is 77.3 Å². The van der Waals surface area contributed by atoms with Crippen LogP contribution in [0.3, 0.4) is 0 Å². The van der Waals surface area contributed by atoms with Crippen molar-refractivity contribution in [1.29, 1.82) is 0 Å². The molecule has 3 aromatic rings. The summed E-state index contributed by atoms with van der Waals surface area (Å²) in [5, 5.41) is 5.94. The van der Waals surface area contributed by atoms with Crippen molar-refractivity contribution < 1.29 is 19.1 Å². The fraction of sp³-hybridized carbons (Fsp3) is 0.269. The Morgan fingerprint density at radius 1 is 1.00 bits per heavy atom. The first-order valence-electron chi connectivity index (χ1n) is 10.7. The summed E-state index contributed by atoms with van der Waals surface area (Å²) in [4.78, 5) is 31.7. The molecule has 1 aliphatic rings. The lowest BCUT2D eigenvalue weighted by Crippen LogP contribution is -2.60. The van der Waals surface area contributed by atoms with Crippen LogP contribution in [0.1, 0.15) is 30.3 Å². The fourth-order valence-corrected chi connectivity index (χ4v) is 5.80. The van der Waals surface area contributed by atoms with Crippen LogP contribution in [-0.4, -0.2) is 37.2 Å². The SMILES string of the molecule is COC(=O)C1=C(C)NC(C)C(C(=O)OC)(c2ccccc2)C1c1nc(-c2ccccc2)cs1. The minimum Gasteiger partial charge on any atom is -0.468 e. The van der Waals surface area contributed by atoms with E-state index in [0.29, 0.717) is 16.3 Å². The van der Waals surface area contributed by atoms with E-state index in [1.54, 1.807) is 0 Å². The molecule has 4 rings (SSSR count). The van der Waals surface area contributed by atoms with Gasteiger partial charge in [0.15, 0.2) is 0 Å². The summed E-state index contributed by atoms with van der Waals surface area (Å²) in [7, 11) is 2.72. The molecule has 0 amide bonds. The number of allylic oxidation sites excluding steroid dienone is 1. The molecule has 0 fully saturated rings. The third-order valence-corrected chi connectivity index (χ3v) is 7.19. The van der Waals surface area contributed by atoms with E-state index in [-0.39, 0.29) is 6.04 Å². The zero-order chi connectivity index (χ0) is 23.6. The predicted molar refractivity (Wildman–Crippen MR) is 128 cm³/mol. The molecule has 0 saturated heterocycles. The fourth-order valence-electron chi connectivity index (χ4n) is 4.78. The van der Waals surface area contributed by atoms with Crippen LogP contribution in [0.25, 0.3) is 11.3 Å². The minimum absolute atomic E-state index is 0.374. The van der Waals surface area contributed by atoms with E-state index in [4.69, 9.17) is 14.5 Å². The van der Waals surface area contributed by atoms with Crippen LogP contribution < -0.4 is 5.32 Å². The second-order valence-electron chi connectivity index (χ2n) is 7.99. The molecule has 3 unspecified atom stereocenters. The Kier molecular flexibility index (Phi) is 6.33. The van der Waals surface area contributed by atoms with Crippen molar-refractivity contribution >= 4 is 23.3 Å². The summed E-state index contributed by atoms with van der Waals surface area (Å²) in [5.74, 6) is -1.64. The molecular formula is C26H26N2O4S. The number of thiazole rings is 1. The van der Waals surface area contributed by atoms with Gasteiger partial charge in [-0.15, -0.1) is 11.3 Å². The lowest BCUT2D eigenvalue weighted by Gasteiger charge is -2.47. The van der Waals surface area contributed by atoms with Crippen LogP contribution >= 0.6 is 11.3 Å². The van der Waals surface area contributed by atoms with Crippen molar-refractivity contribution in [3.05, 3.63) is 87.9 Å². The maximum absolute atomic E-state index is 13.7. The number of esters is 2. The second-order valence-corrected chi connectivity index (χ2v) is 8.88. The van der Waals surface area contributed by atoms with E-state index in [1.165, 1.54) is 25.6 Å². The first-order chi connectivity index (χ1) is 15.9. The number of aromatic nitrogens is 1. The molecule has 0 aliphatic carbocycles. The average Bonchev–Trinajstić information content (AvgIpc) is 3.34. The van der Waals surface area contributed by atoms with Crippen molar-refractivity contribution in [3.8, 4) is 11.3 Å². The zero-order valence-corrected chi connectivity index (χ0v) is 19.8. The van der Waals surface area contributed by atoms with Crippen LogP contribution in [0.5, 0.6) is 0 Å². The lowest BCUT2D eigenvalue weighted by atomic mass is 9.61. The number of hydrogen-bond donors (Lipinski definition) is 1. The average molecular weight is 463 g/mol. The highest BCUT2D eigenvalue weighted by molar-refractivity contribution is 7.10. The molecule has 1 aliphatic heterocycles. The molecule has 33 heavy (non-hydrogen) atoms. The number of carbonyl (C=O) groups excluding carboxylic acids is 2. The molecule has 1 N–H and O–H groups in total. The standard InChI is InChI=1S/C26H26N2O4S/c1-16-21(24(29)31-3)22(23-28-20(15-33-23)18-11-7-5-8-12-18)26(17(2)27-16,25(30)32-4)19-13-9-6-10-14-19/h5-15,17,22,27H,1-4H3. The van der Waals surface area contributed by atoms with Crippen LogP contribution in [0, 0.1) is 0 Å². The molecule has 1 aromatic heterocycles. The predicted octanol–water partition coefficient (Wildman–Crippen LogP) is 4.44. The van der Waals surface area contributed by atoms with Gasteiger partial charge in [-0.2, -0.15) is 0 Å². The van der Waals surface area contributed by atoms with Gasteiger partial charge in [-0.3, -0.25) is 4.79 Å². The molecule has 0 saturated carbocycles. The first-order valence-corrected chi connectivity index (χ1v) is 11.5. The van der Waals surface area contributed by atoms with Crippen LogP contribution in [0.4, 0.5) is 0 Å². The number of ether oxygens (including phenoxy) is 2. The van der Waals surface area contributed by atoms with Gasteiger partial charge in [-0.05, 0) is 19.4 Å². The van der Waals surface area contributed by atoms with Gasteiger partial charge in [0.1, 0.15) is 10.4 Å². The Morgan fingerprint density at radius 2 is 1.64 bits per heavy atom. The topological polar surface area (TPSA) is 77.5 Å². The summed E-state index contributed by atoms with van der Waals surface area (Å²) in [6, 6.07) is 18.9. The Bertz CT molecular complexity index is 1190. The van der Waals surface area contributed by atoms with Crippen molar-refractivity contribution in [3.63, 3.8) is 0 Å². The van der Waals surface area contributed by atoms with Gasteiger partial charge in [0, 0.05) is 22.7 Å². The van der Waals surface area contributed by atoms with Crippen molar-refractivity contribution in [2.24, 2.45) is 0 Å². The molecule has 2 aromatic carbocycles. The quantitative estimate of drug-likeness (QED) is 0.565. The number of hydrogen-bond acceptors (Lipinski definition) is 7. The number of carbonyl (C=O) groups is 2. The van der Waals surface area contributed by atoms with E-state index in [2.05, 4.69) is 5.32 Å². The maximum atomic E-state index is 13.7. The molecule has 2 heterocycles. The van der Waals surface area contributed by atoms with Crippen LogP contribution in [-0.2, 0) is 24.5 Å². The van der Waals surface area contributed by atoms with Gasteiger partial charge in [-0.25, -0.2) is 9.78 Å². The maximum Gasteiger partial charge on any atom is 0.336 e. The second kappa shape index (κ2) is 9.19. The van der Waals surface area contributed by atoms with Gasteiger partial charge in [0.05, 0.1) is 31.4 Å². The number of nitrogens with zero attached hydrogens (tertiary/aromatic N) is 1. The number of benzene rings is 2. The normalized spacial score (nSPS) is 22.4. The van der Waals surface area contributed by atoms with Gasteiger partial charge in [-0.1, -0.05) is 60.7 Å². The van der Waals surface area contributed by atoms with Crippen molar-refractivity contribution in [1.82, 2.24) is 10.3 Å². The van der Waals surface area contributed by atoms with Gasteiger partial charge < -0.3 is 14.8 Å². The Labute approximate surface area is 197 Å². The van der Waals surface area contributed by atoms with Crippen molar-refractivity contribution in [2.75, 3.05) is 14.2 Å². The third kappa shape index (κ3) is 3.72. The Morgan fingerprint density at radius 3 is 2.24 bits per heavy atom. The van der Waals surface area contributed by atoms with E-state index < -0.39 is 23.3 Å². The number of methoxy groups -OCH3 is 2. The summed E-state index contributed by atoms with van der Waals surface area (Å²) in [6.45, 7) is 3.76. The van der Waals surface area contributed by atoms with Crippen LogP contribution in [0.2, 0.25) is 0 Å². The van der Waals surface area contributed by atoms with Gasteiger partial charge >= 0.3 is 11.9 Å². The smallest absolute Gasteiger partial charge is 0.336 e. The Balaban J connectivity index is 2.02. The molecule has 0 radical (unpaired) electrons. The summed E-state index contributed by atoms with van der Waals surface area (Å²) < 4.78 is 10.6. The molecule has 7 heteroatoms. The number of nitrogens with one attached hydrogen (secondary N) is 1. The molecule has 170 valence electrons. The third-order valence-electron chi connectivity index (χ3n) is 6.28. The first kappa shape index (κ1) is 22.7. The van der Waals surface area contributed by atoms with Crippen molar-refractivity contribution in [2.45, 2.75) is 31.2 Å². The highest BCUT2D eigenvalue weighted by atomic mass is 32.1. The van der Waals surface area contributed by atoms with E-state index in [1.807, 2.05) is 79.9 Å². The highest BCUT2D eigenvalue weighted by Gasteiger charge is 2.59. The molecule has 0 spiro atoms. The summed E-state index contributed by atoms with van der Waals surface area (Å²) in [6.07, 6.45) is 0. The Hall–Kier alpha value is -3.45. The molecular weight excluding hydrogens is 436 g/mol. The zero-order valence-electron chi connectivity index (χ0n) is 19.0. The lowest BCUT2D eigenvalue weighted by molar-refractivity contribution is -0.150. The minimum atomic E-state index is -1.23. The molecule has 0 bridgehead atoms. The van der Waals surface area contributed by atoms with Gasteiger partial charge in [0.25, 0.3) is 0 Å². The van der Waals surface area contributed by atoms with Gasteiger partial charge in [0.2, 0.25) is 0 Å². The largest absolute Gasteiger partial charge is 0.468 e. The monoisotopic (exact) mass is 462 g/mol. The summed E-state index contributed by atoms with van der Waals surface area (Å²) in [5.41, 5.74) is 2.30. The number of rotatable bonds is 5. The van der Waals surface area contributed by atoms with E-state index in [0.717, 1.165) is 16.8 Å². The van der Waals surface area contributed by atoms with E-state index in [9.17, 15) is 9.59 Å². The molecule has 3 atom stereocenters. The summed E-state index contributed by atoms with van der Waals surface area (Å²) >= 11 is 1.42. The van der Waals surface area contributed by atoms with E-state index >= 15 is 0 Å².